The van der Waals surface area contributed by atoms with Crippen LogP contribution < -0.4 is 0 Å². The summed E-state index contributed by atoms with van der Waals surface area (Å²) in [5.74, 6) is -1.22. The standard InChI is InChI=1S/C10H11N3O4/c14-10(15)8-1-2-9(8)12-5-3-7(11-12)4-6-13(16)17/h3-6,8-9H,1-2H2,(H,14,15). The quantitative estimate of drug-likeness (QED) is 0.626. The van der Waals surface area contributed by atoms with Gasteiger partial charge in [-0.05, 0) is 18.9 Å². The van der Waals surface area contributed by atoms with Gasteiger partial charge in [-0.15, -0.1) is 0 Å². The first kappa shape index (κ1) is 11.3. The summed E-state index contributed by atoms with van der Waals surface area (Å²) in [6, 6.07) is 1.49. The zero-order valence-electron chi connectivity index (χ0n) is 8.89. The van der Waals surface area contributed by atoms with Crippen molar-refractivity contribution in [2.75, 3.05) is 0 Å². The average molecular weight is 237 g/mol. The Morgan fingerprint density at radius 3 is 2.94 bits per heavy atom. The van der Waals surface area contributed by atoms with Crippen molar-refractivity contribution >= 4 is 12.0 Å². The second kappa shape index (κ2) is 4.36. The molecule has 0 amide bonds. The maximum atomic E-state index is 10.8. The van der Waals surface area contributed by atoms with Gasteiger partial charge in [-0.3, -0.25) is 19.6 Å². The fraction of sp³-hybridized carbons (Fsp3) is 0.400. The van der Waals surface area contributed by atoms with Crippen LogP contribution in [-0.4, -0.2) is 25.8 Å². The molecule has 2 atom stereocenters. The highest BCUT2D eigenvalue weighted by atomic mass is 16.6. The van der Waals surface area contributed by atoms with Crippen LogP contribution in [0.4, 0.5) is 0 Å². The molecule has 1 fully saturated rings. The van der Waals surface area contributed by atoms with Gasteiger partial charge in [0.15, 0.2) is 0 Å². The summed E-state index contributed by atoms with van der Waals surface area (Å²) in [5, 5.41) is 23.1. The summed E-state index contributed by atoms with van der Waals surface area (Å²) < 4.78 is 1.57. The van der Waals surface area contributed by atoms with Gasteiger partial charge in [-0.1, -0.05) is 0 Å². The van der Waals surface area contributed by atoms with Gasteiger partial charge in [-0.2, -0.15) is 5.10 Å². The smallest absolute Gasteiger partial charge is 0.308 e. The Kier molecular flexibility index (Phi) is 2.90. The van der Waals surface area contributed by atoms with Gasteiger partial charge in [0.1, 0.15) is 0 Å². The van der Waals surface area contributed by atoms with Crippen LogP contribution in [-0.2, 0) is 4.79 Å². The minimum atomic E-state index is -0.820. The van der Waals surface area contributed by atoms with Gasteiger partial charge in [0, 0.05) is 12.3 Å². The molecule has 17 heavy (non-hydrogen) atoms. The molecule has 1 aliphatic carbocycles. The van der Waals surface area contributed by atoms with Crippen LogP contribution in [0.3, 0.4) is 0 Å². The van der Waals surface area contributed by atoms with Gasteiger partial charge >= 0.3 is 5.97 Å². The van der Waals surface area contributed by atoms with Crippen LogP contribution in [0.1, 0.15) is 24.6 Å². The van der Waals surface area contributed by atoms with Crippen LogP contribution >= 0.6 is 0 Å². The molecule has 1 saturated carbocycles. The monoisotopic (exact) mass is 237 g/mol. The van der Waals surface area contributed by atoms with Crippen LogP contribution in [0.15, 0.2) is 18.5 Å². The van der Waals surface area contributed by atoms with E-state index >= 15 is 0 Å². The zero-order chi connectivity index (χ0) is 12.4. The maximum Gasteiger partial charge on any atom is 0.308 e. The van der Waals surface area contributed by atoms with E-state index in [9.17, 15) is 14.9 Å². The number of carbonyl (C=O) groups is 1. The van der Waals surface area contributed by atoms with E-state index in [4.69, 9.17) is 5.11 Å². The Morgan fingerprint density at radius 2 is 2.41 bits per heavy atom. The fourth-order valence-corrected chi connectivity index (χ4v) is 1.85. The molecule has 1 aromatic heterocycles. The molecule has 0 aromatic carbocycles. The molecule has 2 rings (SSSR count). The SMILES string of the molecule is O=C(O)C1CCC1n1ccc(C=C[N+](=O)[O-])n1. The second-order valence-electron chi connectivity index (χ2n) is 3.91. The van der Waals surface area contributed by atoms with Crippen molar-refractivity contribution in [3.63, 3.8) is 0 Å². The van der Waals surface area contributed by atoms with Crippen molar-refractivity contribution in [3.05, 3.63) is 34.3 Å². The van der Waals surface area contributed by atoms with E-state index in [1.807, 2.05) is 0 Å². The second-order valence-corrected chi connectivity index (χ2v) is 3.91. The summed E-state index contributed by atoms with van der Waals surface area (Å²) >= 11 is 0. The lowest BCUT2D eigenvalue weighted by Gasteiger charge is -2.33. The molecule has 0 bridgehead atoms. The van der Waals surface area contributed by atoms with Crippen molar-refractivity contribution in [2.24, 2.45) is 5.92 Å². The number of carboxylic acids is 1. The normalized spacial score (nSPS) is 23.5. The molecular weight excluding hydrogens is 226 g/mol. The van der Waals surface area contributed by atoms with Gasteiger partial charge < -0.3 is 5.11 Å². The van der Waals surface area contributed by atoms with Crippen molar-refractivity contribution in [1.82, 2.24) is 9.78 Å². The van der Waals surface area contributed by atoms with Gasteiger partial charge in [0.25, 0.3) is 0 Å². The van der Waals surface area contributed by atoms with Crippen molar-refractivity contribution in [1.29, 1.82) is 0 Å². The van der Waals surface area contributed by atoms with E-state index in [0.717, 1.165) is 12.6 Å². The third-order valence-electron chi connectivity index (χ3n) is 2.89. The molecule has 0 radical (unpaired) electrons. The van der Waals surface area contributed by atoms with Crippen molar-refractivity contribution < 1.29 is 14.8 Å². The molecule has 7 heteroatoms. The first-order valence-corrected chi connectivity index (χ1v) is 5.17. The van der Waals surface area contributed by atoms with E-state index in [1.54, 1.807) is 16.9 Å². The number of rotatable bonds is 4. The molecule has 1 heterocycles. The summed E-state index contributed by atoms with van der Waals surface area (Å²) in [5.41, 5.74) is 0.456. The average Bonchev–Trinajstić information content (AvgIpc) is 2.60. The Hall–Kier alpha value is -2.18. The zero-order valence-corrected chi connectivity index (χ0v) is 8.89. The largest absolute Gasteiger partial charge is 0.481 e. The molecule has 1 N–H and O–H groups in total. The molecule has 1 aliphatic rings. The highest BCUT2D eigenvalue weighted by Gasteiger charge is 2.38. The molecular formula is C10H11N3O4. The minimum Gasteiger partial charge on any atom is -0.481 e. The minimum absolute atomic E-state index is 0.134. The van der Waals surface area contributed by atoms with Crippen molar-refractivity contribution in [2.45, 2.75) is 18.9 Å². The first-order valence-electron chi connectivity index (χ1n) is 5.17. The lowest BCUT2D eigenvalue weighted by molar-refractivity contribution is -0.401. The summed E-state index contributed by atoms with van der Waals surface area (Å²) in [7, 11) is 0. The van der Waals surface area contributed by atoms with E-state index in [0.29, 0.717) is 12.1 Å². The number of hydrogen-bond acceptors (Lipinski definition) is 4. The Balaban J connectivity index is 2.08. The first-order chi connectivity index (χ1) is 8.08. The van der Waals surface area contributed by atoms with Crippen LogP contribution in [0.25, 0.3) is 6.08 Å². The number of carboxylic acid groups (broad SMARTS) is 1. The Labute approximate surface area is 96.5 Å². The fourth-order valence-electron chi connectivity index (χ4n) is 1.85. The summed E-state index contributed by atoms with van der Waals surface area (Å²) in [4.78, 5) is 20.4. The van der Waals surface area contributed by atoms with Gasteiger partial charge in [0.2, 0.25) is 6.20 Å². The van der Waals surface area contributed by atoms with Crippen LogP contribution in [0, 0.1) is 16.0 Å². The molecule has 2 unspecified atom stereocenters. The number of aromatic nitrogens is 2. The molecule has 0 saturated heterocycles. The third kappa shape index (κ3) is 2.32. The van der Waals surface area contributed by atoms with Gasteiger partial charge in [0.05, 0.1) is 22.6 Å². The lowest BCUT2D eigenvalue weighted by atomic mass is 9.80. The topological polar surface area (TPSA) is 98.3 Å². The number of aliphatic carboxylic acids is 1. The maximum absolute atomic E-state index is 10.8. The molecule has 90 valence electrons. The summed E-state index contributed by atoms with van der Waals surface area (Å²) in [6.07, 6.45) is 5.17. The third-order valence-corrected chi connectivity index (χ3v) is 2.89. The van der Waals surface area contributed by atoms with Crippen LogP contribution in [0.2, 0.25) is 0 Å². The van der Waals surface area contributed by atoms with E-state index in [1.165, 1.54) is 6.08 Å². The molecule has 0 spiro atoms. The Morgan fingerprint density at radius 1 is 1.65 bits per heavy atom. The highest BCUT2D eigenvalue weighted by Crippen LogP contribution is 2.38. The summed E-state index contributed by atoms with van der Waals surface area (Å²) in [6.45, 7) is 0. The predicted octanol–water partition coefficient (Wildman–Crippen LogP) is 1.17. The lowest BCUT2D eigenvalue weighted by Crippen LogP contribution is -2.35. The molecule has 0 aliphatic heterocycles. The number of hydrogen-bond donors (Lipinski definition) is 1. The number of nitro groups is 1. The highest BCUT2D eigenvalue weighted by molar-refractivity contribution is 5.71. The van der Waals surface area contributed by atoms with E-state index in [2.05, 4.69) is 5.10 Å². The molecule has 7 nitrogen and oxygen atoms in total. The van der Waals surface area contributed by atoms with E-state index in [-0.39, 0.29) is 6.04 Å². The van der Waals surface area contributed by atoms with Gasteiger partial charge in [-0.25, -0.2) is 0 Å². The predicted molar refractivity (Wildman–Crippen MR) is 57.7 cm³/mol. The molecule has 1 aromatic rings. The van der Waals surface area contributed by atoms with E-state index < -0.39 is 16.8 Å². The number of nitrogens with zero attached hydrogens (tertiary/aromatic N) is 3. The Bertz CT molecular complexity index is 480. The van der Waals surface area contributed by atoms with Crippen LogP contribution in [0.5, 0.6) is 0 Å². The van der Waals surface area contributed by atoms with Crippen molar-refractivity contribution in [3.8, 4) is 0 Å².